The summed E-state index contributed by atoms with van der Waals surface area (Å²) in [6.07, 6.45) is 1.42. The lowest BCUT2D eigenvalue weighted by molar-refractivity contribution is -0.117. The van der Waals surface area contributed by atoms with E-state index < -0.39 is 11.9 Å². The number of nitrogens with one attached hydrogen (secondary N) is 1. The van der Waals surface area contributed by atoms with Gasteiger partial charge in [0.25, 0.3) is 5.56 Å². The highest BCUT2D eigenvalue weighted by Crippen LogP contribution is 2.16. The molecule has 1 aromatic carbocycles. The average molecular weight is 301 g/mol. The third-order valence-electron chi connectivity index (χ3n) is 2.78. The largest absolute Gasteiger partial charge is 0.462 e. The van der Waals surface area contributed by atoms with Gasteiger partial charge in [-0.3, -0.25) is 9.59 Å². The van der Waals surface area contributed by atoms with Crippen molar-refractivity contribution in [2.75, 3.05) is 11.9 Å². The maximum absolute atomic E-state index is 12.0. The molecule has 0 radical (unpaired) electrons. The smallest absolute Gasteiger partial charge is 0.340 e. The minimum absolute atomic E-state index is 0.239. The predicted octanol–water partition coefficient (Wildman–Crippen LogP) is 1.06. The fourth-order valence-corrected chi connectivity index (χ4v) is 1.81. The van der Waals surface area contributed by atoms with Gasteiger partial charge in [-0.25, -0.2) is 9.48 Å². The van der Waals surface area contributed by atoms with Crippen molar-refractivity contribution in [2.24, 2.45) is 0 Å². The molecule has 2 rings (SSSR count). The highest BCUT2D eigenvalue weighted by Gasteiger charge is 2.14. The van der Waals surface area contributed by atoms with Crippen LogP contribution in [0.4, 0.5) is 5.69 Å². The van der Waals surface area contributed by atoms with Crippen LogP contribution in [-0.4, -0.2) is 28.3 Å². The molecule has 0 bridgehead atoms. The van der Waals surface area contributed by atoms with E-state index in [1.807, 2.05) is 0 Å². The van der Waals surface area contributed by atoms with Crippen molar-refractivity contribution in [1.29, 1.82) is 0 Å². The second-order valence-corrected chi connectivity index (χ2v) is 4.33. The Balaban J connectivity index is 2.14. The van der Waals surface area contributed by atoms with Crippen LogP contribution in [0.5, 0.6) is 0 Å². The van der Waals surface area contributed by atoms with Gasteiger partial charge in [0.15, 0.2) is 0 Å². The first kappa shape index (κ1) is 15.4. The number of amides is 1. The Morgan fingerprint density at radius 3 is 2.73 bits per heavy atom. The summed E-state index contributed by atoms with van der Waals surface area (Å²) in [5.41, 5.74) is 0.206. The van der Waals surface area contributed by atoms with E-state index in [-0.39, 0.29) is 24.3 Å². The lowest BCUT2D eigenvalue weighted by atomic mass is 10.2. The molecule has 0 spiro atoms. The van der Waals surface area contributed by atoms with Crippen molar-refractivity contribution in [3.8, 4) is 0 Å². The number of rotatable bonds is 5. The molecule has 7 heteroatoms. The van der Waals surface area contributed by atoms with Crippen molar-refractivity contribution < 1.29 is 14.3 Å². The maximum atomic E-state index is 12.0. The number of hydrogen-bond acceptors (Lipinski definition) is 5. The normalized spacial score (nSPS) is 10.0. The number of nitrogens with zero attached hydrogens (tertiary/aromatic N) is 2. The maximum Gasteiger partial charge on any atom is 0.340 e. The van der Waals surface area contributed by atoms with Crippen LogP contribution in [0.1, 0.15) is 17.3 Å². The molecule has 0 aliphatic rings. The van der Waals surface area contributed by atoms with Crippen LogP contribution in [0.25, 0.3) is 0 Å². The molecular formula is C15H15N3O4. The zero-order valence-corrected chi connectivity index (χ0v) is 12.0. The van der Waals surface area contributed by atoms with Gasteiger partial charge in [0.1, 0.15) is 6.54 Å². The van der Waals surface area contributed by atoms with E-state index in [1.54, 1.807) is 31.2 Å². The topological polar surface area (TPSA) is 90.3 Å². The number of esters is 1. The van der Waals surface area contributed by atoms with E-state index in [0.717, 1.165) is 4.68 Å². The number of benzene rings is 1. The van der Waals surface area contributed by atoms with E-state index in [2.05, 4.69) is 10.4 Å². The standard InChI is InChI=1S/C15H15N3O4/c1-2-22-15(21)11-6-3-4-7-12(11)17-13(19)10-18-14(20)8-5-9-16-18/h3-9H,2,10H2,1H3,(H,17,19). The SMILES string of the molecule is CCOC(=O)c1ccccc1NC(=O)Cn1ncccc1=O. The van der Waals surface area contributed by atoms with Crippen LogP contribution >= 0.6 is 0 Å². The third-order valence-corrected chi connectivity index (χ3v) is 2.78. The molecule has 22 heavy (non-hydrogen) atoms. The molecule has 7 nitrogen and oxygen atoms in total. The van der Waals surface area contributed by atoms with Crippen LogP contribution in [0.15, 0.2) is 47.4 Å². The molecule has 1 N–H and O–H groups in total. The Morgan fingerprint density at radius 2 is 2.00 bits per heavy atom. The van der Waals surface area contributed by atoms with Crippen molar-refractivity contribution in [3.05, 3.63) is 58.5 Å². The summed E-state index contributed by atoms with van der Waals surface area (Å²) in [5.74, 6) is -0.981. The number of carbonyl (C=O) groups excluding carboxylic acids is 2. The number of aromatic nitrogens is 2. The fourth-order valence-electron chi connectivity index (χ4n) is 1.81. The van der Waals surface area contributed by atoms with Gasteiger partial charge >= 0.3 is 5.97 Å². The molecule has 2 aromatic rings. The van der Waals surface area contributed by atoms with Gasteiger partial charge in [0.05, 0.1) is 17.9 Å². The zero-order valence-electron chi connectivity index (χ0n) is 12.0. The second kappa shape index (κ2) is 7.16. The number of carbonyl (C=O) groups is 2. The molecule has 0 aliphatic heterocycles. The number of anilines is 1. The van der Waals surface area contributed by atoms with Crippen molar-refractivity contribution in [3.63, 3.8) is 0 Å². The van der Waals surface area contributed by atoms with Crippen LogP contribution in [0.3, 0.4) is 0 Å². The van der Waals surface area contributed by atoms with Gasteiger partial charge in [-0.15, -0.1) is 0 Å². The zero-order chi connectivity index (χ0) is 15.9. The highest BCUT2D eigenvalue weighted by molar-refractivity contribution is 6.01. The Hall–Kier alpha value is -2.96. The van der Waals surface area contributed by atoms with Crippen LogP contribution < -0.4 is 10.9 Å². The summed E-state index contributed by atoms with van der Waals surface area (Å²) in [6, 6.07) is 9.31. The van der Waals surface area contributed by atoms with Gasteiger partial charge in [-0.1, -0.05) is 12.1 Å². The number of hydrogen-bond donors (Lipinski definition) is 1. The molecule has 0 saturated carbocycles. The molecule has 0 fully saturated rings. The van der Waals surface area contributed by atoms with E-state index >= 15 is 0 Å². The van der Waals surface area contributed by atoms with Crippen molar-refractivity contribution >= 4 is 17.6 Å². The molecule has 1 aromatic heterocycles. The monoisotopic (exact) mass is 301 g/mol. The lowest BCUT2D eigenvalue weighted by Crippen LogP contribution is -2.29. The Morgan fingerprint density at radius 1 is 1.23 bits per heavy atom. The van der Waals surface area contributed by atoms with Crippen LogP contribution in [0.2, 0.25) is 0 Å². The van der Waals surface area contributed by atoms with E-state index in [9.17, 15) is 14.4 Å². The minimum atomic E-state index is -0.520. The fraction of sp³-hybridized carbons (Fsp3) is 0.200. The molecule has 0 atom stereocenters. The lowest BCUT2D eigenvalue weighted by Gasteiger charge is -2.10. The highest BCUT2D eigenvalue weighted by atomic mass is 16.5. The Labute approximate surface area is 126 Å². The molecule has 1 amide bonds. The quantitative estimate of drug-likeness (QED) is 0.834. The van der Waals surface area contributed by atoms with Gasteiger partial charge < -0.3 is 10.1 Å². The number of ether oxygens (including phenoxy) is 1. The minimum Gasteiger partial charge on any atom is -0.462 e. The molecule has 0 saturated heterocycles. The van der Waals surface area contributed by atoms with E-state index in [4.69, 9.17) is 4.74 Å². The summed E-state index contributed by atoms with van der Waals surface area (Å²) < 4.78 is 5.96. The first-order chi connectivity index (χ1) is 10.6. The molecule has 114 valence electrons. The number of para-hydroxylation sites is 1. The summed E-state index contributed by atoms with van der Waals surface area (Å²) in [6.45, 7) is 1.70. The molecule has 0 unspecified atom stereocenters. The summed E-state index contributed by atoms with van der Waals surface area (Å²) >= 11 is 0. The van der Waals surface area contributed by atoms with Gasteiger partial charge in [-0.2, -0.15) is 5.10 Å². The van der Waals surface area contributed by atoms with Gasteiger partial charge in [-0.05, 0) is 25.1 Å². The first-order valence-electron chi connectivity index (χ1n) is 6.70. The van der Waals surface area contributed by atoms with E-state index in [1.165, 1.54) is 18.3 Å². The second-order valence-electron chi connectivity index (χ2n) is 4.33. The van der Waals surface area contributed by atoms with Crippen molar-refractivity contribution in [1.82, 2.24) is 9.78 Å². The van der Waals surface area contributed by atoms with Gasteiger partial charge in [0, 0.05) is 12.3 Å². The summed E-state index contributed by atoms with van der Waals surface area (Å²) in [5, 5.41) is 6.38. The predicted molar refractivity (Wildman–Crippen MR) is 79.5 cm³/mol. The van der Waals surface area contributed by atoms with E-state index in [0.29, 0.717) is 5.69 Å². The molecular weight excluding hydrogens is 286 g/mol. The van der Waals surface area contributed by atoms with Crippen LogP contribution in [-0.2, 0) is 16.1 Å². The summed E-state index contributed by atoms with van der Waals surface area (Å²) in [7, 11) is 0. The molecule has 1 heterocycles. The first-order valence-corrected chi connectivity index (χ1v) is 6.70. The third kappa shape index (κ3) is 3.78. The Bertz CT molecular complexity index is 739. The van der Waals surface area contributed by atoms with Crippen molar-refractivity contribution in [2.45, 2.75) is 13.5 Å². The van der Waals surface area contributed by atoms with Crippen LogP contribution in [0, 0.1) is 0 Å². The summed E-state index contributed by atoms with van der Waals surface area (Å²) in [4.78, 5) is 35.3. The Kier molecular flexibility index (Phi) is 5.02. The molecule has 0 aliphatic carbocycles. The van der Waals surface area contributed by atoms with Gasteiger partial charge in [0.2, 0.25) is 5.91 Å². The average Bonchev–Trinajstić information content (AvgIpc) is 2.50.